The van der Waals surface area contributed by atoms with Crippen molar-refractivity contribution in [1.82, 2.24) is 4.90 Å². The Labute approximate surface area is 93.4 Å². The van der Waals surface area contributed by atoms with E-state index in [9.17, 15) is 13.2 Å². The number of aliphatic hydroxyl groups is 1. The molecule has 0 aromatic rings. The van der Waals surface area contributed by atoms with Gasteiger partial charge in [0.2, 0.25) is 0 Å². The predicted octanol–water partition coefficient (Wildman–Crippen LogP) is 1.11. The maximum atomic E-state index is 12.7. The lowest BCUT2D eigenvalue weighted by Gasteiger charge is -2.33. The van der Waals surface area contributed by atoms with Gasteiger partial charge in [0.25, 0.3) is 0 Å². The molecule has 2 unspecified atom stereocenters. The molecule has 1 saturated heterocycles. The number of alkyl halides is 3. The number of halogens is 3. The monoisotopic (exact) mass is 240 g/mol. The zero-order valence-electron chi connectivity index (χ0n) is 9.21. The van der Waals surface area contributed by atoms with Crippen LogP contribution in [-0.2, 0) is 0 Å². The van der Waals surface area contributed by atoms with Gasteiger partial charge in [0, 0.05) is 19.2 Å². The van der Waals surface area contributed by atoms with E-state index in [1.165, 1.54) is 4.90 Å². The first-order valence-corrected chi connectivity index (χ1v) is 5.64. The number of rotatable bonds is 5. The Bertz CT molecular complexity index is 211. The van der Waals surface area contributed by atoms with E-state index < -0.39 is 12.2 Å². The van der Waals surface area contributed by atoms with Crippen LogP contribution in [0.5, 0.6) is 0 Å². The van der Waals surface area contributed by atoms with E-state index in [4.69, 9.17) is 10.8 Å². The smallest absolute Gasteiger partial charge is 0.396 e. The largest absolute Gasteiger partial charge is 0.405 e. The summed E-state index contributed by atoms with van der Waals surface area (Å²) < 4.78 is 38.1. The number of hydrogen-bond acceptors (Lipinski definition) is 3. The Morgan fingerprint density at radius 3 is 2.62 bits per heavy atom. The summed E-state index contributed by atoms with van der Waals surface area (Å²) >= 11 is 0. The van der Waals surface area contributed by atoms with Gasteiger partial charge in [0.05, 0.1) is 0 Å². The Kier molecular flexibility index (Phi) is 5.01. The molecule has 1 aliphatic rings. The lowest BCUT2D eigenvalue weighted by Crippen LogP contribution is -2.52. The first kappa shape index (κ1) is 13.7. The highest BCUT2D eigenvalue weighted by atomic mass is 19.4. The molecule has 0 bridgehead atoms. The molecule has 0 aromatic heterocycles. The number of aliphatic hydroxyl groups excluding tert-OH is 1. The van der Waals surface area contributed by atoms with Gasteiger partial charge in [0.1, 0.15) is 6.04 Å². The highest BCUT2D eigenvalue weighted by molar-refractivity contribution is 4.89. The molecule has 96 valence electrons. The molecule has 1 aliphatic heterocycles. The maximum absolute atomic E-state index is 12.7. The average Bonchev–Trinajstić information content (AvgIpc) is 2.62. The molecule has 0 saturated carbocycles. The highest BCUT2D eigenvalue weighted by Crippen LogP contribution is 2.31. The number of hydrogen-bond donors (Lipinski definition) is 2. The van der Waals surface area contributed by atoms with E-state index in [0.29, 0.717) is 19.4 Å². The van der Waals surface area contributed by atoms with Crippen molar-refractivity contribution >= 4 is 0 Å². The van der Waals surface area contributed by atoms with Gasteiger partial charge in [-0.15, -0.1) is 0 Å². The third-order valence-corrected chi connectivity index (χ3v) is 3.12. The molecule has 0 aliphatic carbocycles. The van der Waals surface area contributed by atoms with Crippen molar-refractivity contribution in [1.29, 1.82) is 0 Å². The van der Waals surface area contributed by atoms with Crippen molar-refractivity contribution in [2.45, 2.75) is 43.9 Å². The van der Waals surface area contributed by atoms with Crippen LogP contribution in [0.2, 0.25) is 0 Å². The van der Waals surface area contributed by atoms with E-state index in [2.05, 4.69) is 0 Å². The number of likely N-dealkylation sites (tertiary alicyclic amines) is 1. The van der Waals surface area contributed by atoms with E-state index in [-0.39, 0.29) is 19.2 Å². The predicted molar refractivity (Wildman–Crippen MR) is 54.9 cm³/mol. The minimum atomic E-state index is -4.25. The summed E-state index contributed by atoms with van der Waals surface area (Å²) in [5.41, 5.74) is 5.22. The second-order valence-corrected chi connectivity index (χ2v) is 4.19. The van der Waals surface area contributed by atoms with Crippen LogP contribution in [0.15, 0.2) is 0 Å². The van der Waals surface area contributed by atoms with Crippen molar-refractivity contribution in [3.8, 4) is 0 Å². The summed E-state index contributed by atoms with van der Waals surface area (Å²) in [6, 6.07) is -1.61. The molecule has 16 heavy (non-hydrogen) atoms. The molecule has 1 heterocycles. The molecule has 0 spiro atoms. The van der Waals surface area contributed by atoms with Crippen LogP contribution >= 0.6 is 0 Å². The molecule has 6 heteroatoms. The lowest BCUT2D eigenvalue weighted by molar-refractivity contribution is -0.183. The molecule has 0 radical (unpaired) electrons. The summed E-state index contributed by atoms with van der Waals surface area (Å²) in [4.78, 5) is 1.45. The van der Waals surface area contributed by atoms with Crippen molar-refractivity contribution in [2.75, 3.05) is 19.7 Å². The normalized spacial score (nSPS) is 24.9. The van der Waals surface area contributed by atoms with Crippen molar-refractivity contribution in [3.05, 3.63) is 0 Å². The number of nitrogens with zero attached hydrogens (tertiary/aromatic N) is 1. The zero-order valence-corrected chi connectivity index (χ0v) is 9.21. The fourth-order valence-corrected chi connectivity index (χ4v) is 2.36. The Morgan fingerprint density at radius 2 is 2.12 bits per heavy atom. The van der Waals surface area contributed by atoms with Crippen molar-refractivity contribution in [2.24, 2.45) is 5.73 Å². The standard InChI is InChI=1S/C10H19F3N2O/c11-10(12,13)9(7-14)15-5-1-3-8(15)4-2-6-16/h8-9,16H,1-7,14H2. The van der Waals surface area contributed by atoms with Crippen LogP contribution in [0.25, 0.3) is 0 Å². The van der Waals surface area contributed by atoms with Crippen LogP contribution in [0.4, 0.5) is 13.2 Å². The van der Waals surface area contributed by atoms with Gasteiger partial charge < -0.3 is 10.8 Å². The van der Waals surface area contributed by atoms with E-state index >= 15 is 0 Å². The van der Waals surface area contributed by atoms with Crippen LogP contribution in [0.1, 0.15) is 25.7 Å². The summed E-state index contributed by atoms with van der Waals surface area (Å²) in [6.07, 6.45) is -1.54. The van der Waals surface area contributed by atoms with Gasteiger partial charge >= 0.3 is 6.18 Å². The molecule has 1 rings (SSSR count). The van der Waals surface area contributed by atoms with Gasteiger partial charge in [0.15, 0.2) is 0 Å². The average molecular weight is 240 g/mol. The molecule has 1 fully saturated rings. The molecule has 0 amide bonds. The summed E-state index contributed by atoms with van der Waals surface area (Å²) in [6.45, 7) is 0.0975. The summed E-state index contributed by atoms with van der Waals surface area (Å²) in [5.74, 6) is 0. The third-order valence-electron chi connectivity index (χ3n) is 3.12. The topological polar surface area (TPSA) is 49.5 Å². The Hall–Kier alpha value is -0.330. The second kappa shape index (κ2) is 5.84. The highest BCUT2D eigenvalue weighted by Gasteiger charge is 2.45. The van der Waals surface area contributed by atoms with E-state index in [1.807, 2.05) is 0 Å². The molecule has 3 nitrogen and oxygen atoms in total. The SMILES string of the molecule is NCC(N1CCCC1CCCO)C(F)(F)F. The minimum absolute atomic E-state index is 0.0314. The fraction of sp³-hybridized carbons (Fsp3) is 1.00. The third kappa shape index (κ3) is 3.33. The van der Waals surface area contributed by atoms with Gasteiger partial charge in [-0.3, -0.25) is 4.90 Å². The zero-order chi connectivity index (χ0) is 12.2. The van der Waals surface area contributed by atoms with Crippen LogP contribution < -0.4 is 5.73 Å². The first-order valence-electron chi connectivity index (χ1n) is 5.64. The first-order chi connectivity index (χ1) is 7.50. The summed E-state index contributed by atoms with van der Waals surface area (Å²) in [7, 11) is 0. The van der Waals surface area contributed by atoms with Crippen molar-refractivity contribution in [3.63, 3.8) is 0 Å². The molecule has 2 atom stereocenters. The maximum Gasteiger partial charge on any atom is 0.405 e. The van der Waals surface area contributed by atoms with Gasteiger partial charge in [-0.1, -0.05) is 0 Å². The minimum Gasteiger partial charge on any atom is -0.396 e. The Morgan fingerprint density at radius 1 is 1.44 bits per heavy atom. The van der Waals surface area contributed by atoms with E-state index in [1.54, 1.807) is 0 Å². The van der Waals surface area contributed by atoms with Crippen LogP contribution in [0, 0.1) is 0 Å². The quantitative estimate of drug-likeness (QED) is 0.757. The van der Waals surface area contributed by atoms with Crippen LogP contribution in [0.3, 0.4) is 0 Å². The molecule has 0 aromatic carbocycles. The second-order valence-electron chi connectivity index (χ2n) is 4.19. The molecular weight excluding hydrogens is 221 g/mol. The molecule has 3 N–H and O–H groups in total. The van der Waals surface area contributed by atoms with Crippen molar-refractivity contribution < 1.29 is 18.3 Å². The Balaban J connectivity index is 2.61. The van der Waals surface area contributed by atoms with Gasteiger partial charge in [-0.05, 0) is 32.2 Å². The van der Waals surface area contributed by atoms with Gasteiger partial charge in [-0.25, -0.2) is 0 Å². The van der Waals surface area contributed by atoms with Gasteiger partial charge in [-0.2, -0.15) is 13.2 Å². The van der Waals surface area contributed by atoms with Crippen LogP contribution in [-0.4, -0.2) is 48.0 Å². The fourth-order valence-electron chi connectivity index (χ4n) is 2.36. The van der Waals surface area contributed by atoms with E-state index in [0.717, 1.165) is 12.8 Å². The summed E-state index contributed by atoms with van der Waals surface area (Å²) in [5, 5.41) is 8.70. The lowest BCUT2D eigenvalue weighted by atomic mass is 10.1. The number of nitrogens with two attached hydrogens (primary N) is 1. The molecular formula is C10H19F3N2O.